The molecule has 0 N–H and O–H groups in total. The molecule has 1 aliphatic heterocycles. The van der Waals surface area contributed by atoms with E-state index in [4.69, 9.17) is 4.74 Å². The third-order valence-corrected chi connectivity index (χ3v) is 3.57. The maximum atomic E-state index is 12.4. The molecule has 1 aliphatic rings. The van der Waals surface area contributed by atoms with E-state index in [1.54, 1.807) is 29.7 Å². The first kappa shape index (κ1) is 17.7. The fourth-order valence-electron chi connectivity index (χ4n) is 2.44. The molecule has 2 aromatic rings. The Labute approximate surface area is 147 Å². The highest BCUT2D eigenvalue weighted by atomic mass is 35.5. The van der Waals surface area contributed by atoms with E-state index in [2.05, 4.69) is 9.98 Å². The second-order valence-corrected chi connectivity index (χ2v) is 5.10. The molecular weight excluding hydrogens is 328 g/mol. The molecule has 0 spiro atoms. The number of halogens is 1. The topological polar surface area (TPSA) is 58.0 Å². The van der Waals surface area contributed by atoms with Crippen molar-refractivity contribution in [3.05, 3.63) is 48.2 Å². The van der Waals surface area contributed by atoms with Crippen LogP contribution in [0.4, 0.5) is 11.5 Å². The van der Waals surface area contributed by atoms with Gasteiger partial charge in [0.05, 0.1) is 13.7 Å². The Bertz CT molecular complexity index is 751. The van der Waals surface area contributed by atoms with Gasteiger partial charge in [0.1, 0.15) is 17.8 Å². The van der Waals surface area contributed by atoms with E-state index in [1.165, 1.54) is 0 Å². The smallest absolute Gasteiger partial charge is 0.247 e. The minimum atomic E-state index is -0.0287. The number of benzene rings is 1. The molecular formula is C17H19ClN4O2. The SMILES string of the molecule is CCC(=O)N1c2ncccc2N=CN1Cc1cccc(OC)c1.Cl. The molecule has 0 saturated carbocycles. The Kier molecular flexibility index (Phi) is 5.76. The average Bonchev–Trinajstić information content (AvgIpc) is 2.61. The number of methoxy groups -OCH3 is 1. The zero-order valence-electron chi connectivity index (χ0n) is 13.5. The van der Waals surface area contributed by atoms with Crippen LogP contribution >= 0.6 is 12.4 Å². The Morgan fingerprint density at radius 2 is 2.08 bits per heavy atom. The summed E-state index contributed by atoms with van der Waals surface area (Å²) >= 11 is 0. The number of aliphatic imine (C=N–C) groups is 1. The van der Waals surface area contributed by atoms with Crippen LogP contribution in [0.1, 0.15) is 18.9 Å². The molecule has 0 atom stereocenters. The van der Waals surface area contributed by atoms with Gasteiger partial charge in [0.15, 0.2) is 5.82 Å². The summed E-state index contributed by atoms with van der Waals surface area (Å²) in [5.74, 6) is 1.31. The van der Waals surface area contributed by atoms with Gasteiger partial charge in [0, 0.05) is 12.6 Å². The van der Waals surface area contributed by atoms with Gasteiger partial charge in [-0.3, -0.25) is 9.80 Å². The van der Waals surface area contributed by atoms with Crippen molar-refractivity contribution < 1.29 is 9.53 Å². The first-order valence-electron chi connectivity index (χ1n) is 7.44. The molecule has 2 heterocycles. The molecule has 24 heavy (non-hydrogen) atoms. The van der Waals surface area contributed by atoms with E-state index in [-0.39, 0.29) is 18.3 Å². The lowest BCUT2D eigenvalue weighted by molar-refractivity contribution is -0.120. The van der Waals surface area contributed by atoms with Crippen molar-refractivity contribution >= 4 is 36.2 Å². The molecule has 7 heteroatoms. The first-order valence-corrected chi connectivity index (χ1v) is 7.44. The first-order chi connectivity index (χ1) is 11.2. The molecule has 1 aromatic carbocycles. The highest BCUT2D eigenvalue weighted by molar-refractivity contribution is 5.97. The Balaban J connectivity index is 0.00000208. The predicted octanol–water partition coefficient (Wildman–Crippen LogP) is 3.35. The van der Waals surface area contributed by atoms with Crippen molar-refractivity contribution in [3.8, 4) is 5.75 Å². The quantitative estimate of drug-likeness (QED) is 0.852. The number of amides is 1. The van der Waals surface area contributed by atoms with Crippen molar-refractivity contribution in [1.82, 2.24) is 9.99 Å². The lowest BCUT2D eigenvalue weighted by atomic mass is 10.2. The largest absolute Gasteiger partial charge is 0.497 e. The van der Waals surface area contributed by atoms with Crippen molar-refractivity contribution in [1.29, 1.82) is 0 Å². The number of pyridine rings is 1. The molecule has 0 radical (unpaired) electrons. The summed E-state index contributed by atoms with van der Waals surface area (Å²) < 4.78 is 5.25. The number of hydrogen-bond donors (Lipinski definition) is 0. The molecule has 1 aromatic heterocycles. The van der Waals surface area contributed by atoms with Crippen LogP contribution in [0.5, 0.6) is 5.75 Å². The summed E-state index contributed by atoms with van der Waals surface area (Å²) in [6.45, 7) is 2.34. The minimum absolute atomic E-state index is 0. The number of carbonyl (C=O) groups excluding carboxylic acids is 1. The van der Waals surface area contributed by atoms with E-state index in [9.17, 15) is 4.79 Å². The van der Waals surface area contributed by atoms with Gasteiger partial charge in [-0.15, -0.1) is 12.4 Å². The van der Waals surface area contributed by atoms with Crippen molar-refractivity contribution in [2.75, 3.05) is 12.1 Å². The standard InChI is InChI=1S/C17H18N4O2.ClH/c1-3-16(22)21-17-15(8-5-9-18-17)19-12-20(21)11-13-6-4-7-14(10-13)23-2;/h4-10,12H,3,11H2,1-2H3;1H. The van der Waals surface area contributed by atoms with Gasteiger partial charge in [0.25, 0.3) is 0 Å². The number of fused-ring (bicyclic) bond motifs is 1. The number of ether oxygens (including phenoxy) is 1. The van der Waals surface area contributed by atoms with Crippen molar-refractivity contribution in [2.24, 2.45) is 4.99 Å². The number of carbonyl (C=O) groups is 1. The maximum Gasteiger partial charge on any atom is 0.247 e. The van der Waals surface area contributed by atoms with Crippen LogP contribution in [0.3, 0.4) is 0 Å². The molecule has 126 valence electrons. The Morgan fingerprint density at radius 3 is 2.83 bits per heavy atom. The molecule has 3 rings (SSSR count). The summed E-state index contributed by atoms with van der Waals surface area (Å²) in [6, 6.07) is 11.4. The summed E-state index contributed by atoms with van der Waals surface area (Å²) in [6.07, 6.45) is 3.72. The summed E-state index contributed by atoms with van der Waals surface area (Å²) in [4.78, 5) is 21.1. The van der Waals surface area contributed by atoms with Crippen LogP contribution in [-0.4, -0.2) is 29.3 Å². The second kappa shape index (κ2) is 7.79. The van der Waals surface area contributed by atoms with E-state index in [1.807, 2.05) is 43.3 Å². The van der Waals surface area contributed by atoms with Gasteiger partial charge in [-0.1, -0.05) is 19.1 Å². The Morgan fingerprint density at radius 1 is 1.25 bits per heavy atom. The van der Waals surface area contributed by atoms with Gasteiger partial charge in [-0.25, -0.2) is 9.98 Å². The highest BCUT2D eigenvalue weighted by Crippen LogP contribution is 2.31. The van der Waals surface area contributed by atoms with Crippen LogP contribution in [0.25, 0.3) is 0 Å². The van der Waals surface area contributed by atoms with Crippen LogP contribution in [-0.2, 0) is 11.3 Å². The molecule has 0 fully saturated rings. The molecule has 0 aliphatic carbocycles. The lowest BCUT2D eigenvalue weighted by Crippen LogP contribution is -2.47. The molecule has 0 bridgehead atoms. The Hall–Kier alpha value is -2.60. The van der Waals surface area contributed by atoms with E-state index in [0.717, 1.165) is 11.3 Å². The van der Waals surface area contributed by atoms with Gasteiger partial charge >= 0.3 is 0 Å². The number of rotatable bonds is 4. The third-order valence-electron chi connectivity index (χ3n) is 3.57. The van der Waals surface area contributed by atoms with E-state index >= 15 is 0 Å². The molecule has 0 saturated heterocycles. The molecule has 1 amide bonds. The summed E-state index contributed by atoms with van der Waals surface area (Å²) in [5.41, 5.74) is 1.71. The van der Waals surface area contributed by atoms with Crippen LogP contribution in [0.2, 0.25) is 0 Å². The normalized spacial score (nSPS) is 12.4. The number of nitrogens with zero attached hydrogens (tertiary/aromatic N) is 4. The fourth-order valence-corrected chi connectivity index (χ4v) is 2.44. The minimum Gasteiger partial charge on any atom is -0.497 e. The van der Waals surface area contributed by atoms with Crippen LogP contribution in [0.15, 0.2) is 47.6 Å². The molecule has 0 unspecified atom stereocenters. The van der Waals surface area contributed by atoms with Gasteiger partial charge in [0.2, 0.25) is 5.91 Å². The van der Waals surface area contributed by atoms with E-state index < -0.39 is 0 Å². The van der Waals surface area contributed by atoms with Crippen molar-refractivity contribution in [2.45, 2.75) is 19.9 Å². The van der Waals surface area contributed by atoms with Crippen LogP contribution < -0.4 is 9.75 Å². The number of hydrazine groups is 1. The van der Waals surface area contributed by atoms with E-state index in [0.29, 0.717) is 24.5 Å². The average molecular weight is 347 g/mol. The van der Waals surface area contributed by atoms with Gasteiger partial charge in [-0.2, -0.15) is 5.01 Å². The maximum absolute atomic E-state index is 12.4. The summed E-state index contributed by atoms with van der Waals surface area (Å²) in [5, 5.41) is 3.36. The van der Waals surface area contributed by atoms with Gasteiger partial charge in [-0.05, 0) is 29.8 Å². The zero-order chi connectivity index (χ0) is 16.2. The predicted molar refractivity (Wildman–Crippen MR) is 96.0 cm³/mol. The lowest BCUT2D eigenvalue weighted by Gasteiger charge is -2.35. The van der Waals surface area contributed by atoms with Crippen LogP contribution in [0, 0.1) is 0 Å². The third kappa shape index (κ3) is 3.49. The number of aromatic nitrogens is 1. The second-order valence-electron chi connectivity index (χ2n) is 5.10. The number of anilines is 1. The monoisotopic (exact) mass is 346 g/mol. The summed E-state index contributed by atoms with van der Waals surface area (Å²) in [7, 11) is 1.63. The van der Waals surface area contributed by atoms with Gasteiger partial charge < -0.3 is 4.74 Å². The zero-order valence-corrected chi connectivity index (χ0v) is 14.4. The molecule has 6 nitrogen and oxygen atoms in total. The fraction of sp³-hybridized carbons (Fsp3) is 0.235. The number of hydrogen-bond acceptors (Lipinski definition) is 5. The highest BCUT2D eigenvalue weighted by Gasteiger charge is 2.27. The van der Waals surface area contributed by atoms with Crippen molar-refractivity contribution in [3.63, 3.8) is 0 Å².